The van der Waals surface area contributed by atoms with Gasteiger partial charge in [-0.1, -0.05) is 42.5 Å². The molecule has 0 heterocycles. The van der Waals surface area contributed by atoms with Crippen LogP contribution in [0.3, 0.4) is 0 Å². The zero-order chi connectivity index (χ0) is 17.4. The first-order valence-electron chi connectivity index (χ1n) is 7.72. The summed E-state index contributed by atoms with van der Waals surface area (Å²) >= 11 is 0. The van der Waals surface area contributed by atoms with E-state index in [1.165, 1.54) is 25.3 Å². The lowest BCUT2D eigenvalue weighted by molar-refractivity contribution is -0.140. The van der Waals surface area contributed by atoms with Crippen molar-refractivity contribution in [2.75, 3.05) is 7.11 Å². The topological polar surface area (TPSA) is 43.4 Å². The second-order valence-corrected chi connectivity index (χ2v) is 5.38. The summed E-state index contributed by atoms with van der Waals surface area (Å²) in [6.45, 7) is 0. The number of carbonyl (C=O) groups excluding carboxylic acids is 2. The average Bonchev–Trinajstić information content (AvgIpc) is 2.61. The predicted octanol–water partition coefficient (Wildman–Crippen LogP) is 4.22. The number of methoxy groups -OCH3 is 1. The zero-order valence-corrected chi connectivity index (χ0v) is 13.5. The van der Waals surface area contributed by atoms with E-state index in [0.29, 0.717) is 18.4 Å². The van der Waals surface area contributed by atoms with Gasteiger partial charge in [0.05, 0.1) is 7.11 Å². The van der Waals surface area contributed by atoms with Gasteiger partial charge in [-0.3, -0.25) is 9.59 Å². The van der Waals surface area contributed by atoms with Crippen LogP contribution in [0.15, 0.2) is 54.6 Å². The molecule has 0 saturated heterocycles. The molecule has 0 bridgehead atoms. The molecule has 0 amide bonds. The van der Waals surface area contributed by atoms with E-state index in [9.17, 15) is 14.0 Å². The predicted molar refractivity (Wildman–Crippen MR) is 91.2 cm³/mol. The van der Waals surface area contributed by atoms with Crippen LogP contribution in [0.5, 0.6) is 0 Å². The van der Waals surface area contributed by atoms with Crippen molar-refractivity contribution in [1.29, 1.82) is 0 Å². The van der Waals surface area contributed by atoms with Crippen molar-refractivity contribution in [1.82, 2.24) is 0 Å². The minimum Gasteiger partial charge on any atom is -0.469 e. The van der Waals surface area contributed by atoms with Crippen molar-refractivity contribution < 1.29 is 18.7 Å². The Morgan fingerprint density at radius 1 is 1.04 bits per heavy atom. The fraction of sp³-hybridized carbons (Fsp3) is 0.200. The summed E-state index contributed by atoms with van der Waals surface area (Å²) in [7, 11) is 1.38. The normalized spacial score (nSPS) is 10.8. The number of benzene rings is 2. The van der Waals surface area contributed by atoms with Crippen LogP contribution < -0.4 is 0 Å². The van der Waals surface area contributed by atoms with Gasteiger partial charge in [0.1, 0.15) is 5.82 Å². The molecule has 0 spiro atoms. The lowest BCUT2D eigenvalue weighted by Crippen LogP contribution is -2.00. The molecule has 0 aliphatic carbocycles. The molecule has 0 unspecified atom stereocenters. The number of esters is 1. The van der Waals surface area contributed by atoms with E-state index in [4.69, 9.17) is 0 Å². The van der Waals surface area contributed by atoms with E-state index >= 15 is 0 Å². The van der Waals surface area contributed by atoms with Gasteiger partial charge in [0.25, 0.3) is 0 Å². The van der Waals surface area contributed by atoms with Crippen molar-refractivity contribution >= 4 is 17.8 Å². The molecule has 0 N–H and O–H groups in total. The summed E-state index contributed by atoms with van der Waals surface area (Å²) in [5.74, 6) is -0.630. The minimum absolute atomic E-state index is 0.111. The SMILES string of the molecule is COC(=O)CCCc1ccc(C(=O)C=Cc2ccc(F)cc2)cc1. The molecule has 0 atom stereocenters. The molecule has 0 aliphatic heterocycles. The largest absolute Gasteiger partial charge is 0.469 e. The van der Waals surface area contributed by atoms with Gasteiger partial charge in [0, 0.05) is 12.0 Å². The van der Waals surface area contributed by atoms with E-state index in [-0.39, 0.29) is 17.6 Å². The van der Waals surface area contributed by atoms with Gasteiger partial charge in [0.2, 0.25) is 0 Å². The summed E-state index contributed by atoms with van der Waals surface area (Å²) < 4.78 is 17.4. The molecule has 0 radical (unpaired) electrons. The van der Waals surface area contributed by atoms with Gasteiger partial charge in [0.15, 0.2) is 5.78 Å². The Labute approximate surface area is 140 Å². The molecule has 3 nitrogen and oxygen atoms in total. The van der Waals surface area contributed by atoms with Crippen LogP contribution >= 0.6 is 0 Å². The fourth-order valence-electron chi connectivity index (χ4n) is 2.22. The molecule has 2 rings (SSSR count). The maximum Gasteiger partial charge on any atom is 0.305 e. The Morgan fingerprint density at radius 2 is 1.71 bits per heavy atom. The summed E-state index contributed by atoms with van der Waals surface area (Å²) in [5, 5.41) is 0. The van der Waals surface area contributed by atoms with Gasteiger partial charge in [-0.05, 0) is 42.2 Å². The summed E-state index contributed by atoms with van der Waals surface area (Å²) in [6, 6.07) is 13.2. The highest BCUT2D eigenvalue weighted by Crippen LogP contribution is 2.11. The van der Waals surface area contributed by atoms with Crippen molar-refractivity contribution in [3.8, 4) is 0 Å². The van der Waals surface area contributed by atoms with E-state index in [0.717, 1.165) is 17.5 Å². The third-order valence-corrected chi connectivity index (χ3v) is 3.61. The number of carbonyl (C=O) groups is 2. The summed E-state index contributed by atoms with van der Waals surface area (Å²) in [6.07, 6.45) is 4.99. The van der Waals surface area contributed by atoms with Crippen LogP contribution in [0.1, 0.15) is 34.3 Å². The minimum atomic E-state index is -0.304. The molecule has 4 heteroatoms. The Hall–Kier alpha value is -2.75. The van der Waals surface area contributed by atoms with Gasteiger partial charge in [-0.15, -0.1) is 0 Å². The van der Waals surface area contributed by atoms with E-state index in [1.54, 1.807) is 30.3 Å². The lowest BCUT2D eigenvalue weighted by atomic mass is 10.0. The Kier molecular flexibility index (Phi) is 6.43. The third kappa shape index (κ3) is 5.47. The Bertz CT molecular complexity index is 716. The zero-order valence-electron chi connectivity index (χ0n) is 13.5. The highest BCUT2D eigenvalue weighted by atomic mass is 19.1. The molecule has 0 aromatic heterocycles. The van der Waals surface area contributed by atoms with Gasteiger partial charge in [-0.25, -0.2) is 4.39 Å². The number of allylic oxidation sites excluding steroid dienone is 1. The van der Waals surface area contributed by atoms with Gasteiger partial charge >= 0.3 is 5.97 Å². The van der Waals surface area contributed by atoms with Crippen LogP contribution in [0.4, 0.5) is 4.39 Å². The standard InChI is InChI=1S/C20H19FO3/c1-24-20(23)4-2-3-15-5-10-17(11-6-15)19(22)14-9-16-7-12-18(21)13-8-16/h5-14H,2-4H2,1H3. The number of aryl methyl sites for hydroxylation is 1. The van der Waals surface area contributed by atoms with Gasteiger partial charge in [-0.2, -0.15) is 0 Å². The quantitative estimate of drug-likeness (QED) is 0.435. The monoisotopic (exact) mass is 326 g/mol. The van der Waals surface area contributed by atoms with E-state index < -0.39 is 0 Å². The first-order chi connectivity index (χ1) is 11.6. The van der Waals surface area contributed by atoms with Crippen LogP contribution in [0, 0.1) is 5.82 Å². The van der Waals surface area contributed by atoms with Crippen LogP contribution in [0.2, 0.25) is 0 Å². The average molecular weight is 326 g/mol. The van der Waals surface area contributed by atoms with Crippen LogP contribution in [0.25, 0.3) is 6.08 Å². The molecular formula is C20H19FO3. The first-order valence-corrected chi connectivity index (χ1v) is 7.72. The van der Waals surface area contributed by atoms with Crippen molar-refractivity contribution in [2.24, 2.45) is 0 Å². The maximum atomic E-state index is 12.8. The van der Waals surface area contributed by atoms with E-state index in [2.05, 4.69) is 4.74 Å². The van der Waals surface area contributed by atoms with Gasteiger partial charge < -0.3 is 4.74 Å². The summed E-state index contributed by atoms with van der Waals surface area (Å²) in [5.41, 5.74) is 2.42. The number of hydrogen-bond acceptors (Lipinski definition) is 3. The number of halogens is 1. The second-order valence-electron chi connectivity index (χ2n) is 5.38. The smallest absolute Gasteiger partial charge is 0.305 e. The molecular weight excluding hydrogens is 307 g/mol. The maximum absolute atomic E-state index is 12.8. The molecule has 2 aromatic carbocycles. The fourth-order valence-corrected chi connectivity index (χ4v) is 2.22. The molecule has 0 aliphatic rings. The Balaban J connectivity index is 1.91. The highest BCUT2D eigenvalue weighted by Gasteiger charge is 2.04. The molecule has 24 heavy (non-hydrogen) atoms. The first kappa shape index (κ1) is 17.6. The molecule has 0 saturated carbocycles. The van der Waals surface area contributed by atoms with Crippen molar-refractivity contribution in [3.05, 3.63) is 77.1 Å². The number of rotatable bonds is 7. The molecule has 0 fully saturated rings. The lowest BCUT2D eigenvalue weighted by Gasteiger charge is -2.02. The van der Waals surface area contributed by atoms with Crippen LogP contribution in [-0.4, -0.2) is 18.9 Å². The second kappa shape index (κ2) is 8.77. The molecule has 2 aromatic rings. The van der Waals surface area contributed by atoms with E-state index in [1.807, 2.05) is 12.1 Å². The highest BCUT2D eigenvalue weighted by molar-refractivity contribution is 6.06. The summed E-state index contributed by atoms with van der Waals surface area (Å²) in [4.78, 5) is 23.2. The molecule has 124 valence electrons. The number of ketones is 1. The third-order valence-electron chi connectivity index (χ3n) is 3.61. The van der Waals surface area contributed by atoms with Crippen molar-refractivity contribution in [3.63, 3.8) is 0 Å². The number of ether oxygens (including phenoxy) is 1. The number of hydrogen-bond donors (Lipinski definition) is 0. The van der Waals surface area contributed by atoms with Crippen LogP contribution in [-0.2, 0) is 16.0 Å². The van der Waals surface area contributed by atoms with Crippen molar-refractivity contribution in [2.45, 2.75) is 19.3 Å². The Morgan fingerprint density at radius 3 is 2.33 bits per heavy atom.